The Kier molecular flexibility index (Phi) is 3.92. The number of aromatic nitrogens is 3. The zero-order valence-electron chi connectivity index (χ0n) is 11.7. The molecule has 2 heterocycles. The molecule has 7 nitrogen and oxygen atoms in total. The van der Waals surface area contributed by atoms with Crippen LogP contribution in [0.1, 0.15) is 5.76 Å². The molecule has 0 aliphatic heterocycles. The maximum atomic E-state index is 6.11. The second kappa shape index (κ2) is 6.02. The van der Waals surface area contributed by atoms with E-state index in [1.165, 1.54) is 6.33 Å². The monoisotopic (exact) mass is 360 g/mol. The Morgan fingerprint density at radius 1 is 1.14 bits per heavy atom. The zero-order valence-corrected chi connectivity index (χ0v) is 13.3. The van der Waals surface area contributed by atoms with Crippen LogP contribution in [0.3, 0.4) is 0 Å². The Labute approximate surface area is 135 Å². The Bertz CT molecular complexity index is 804. The molecule has 22 heavy (non-hydrogen) atoms. The average molecular weight is 361 g/mol. The highest BCUT2D eigenvalue weighted by atomic mass is 79.9. The van der Waals surface area contributed by atoms with Crippen LogP contribution >= 0.6 is 15.9 Å². The van der Waals surface area contributed by atoms with Crippen LogP contribution in [0.2, 0.25) is 0 Å². The van der Waals surface area contributed by atoms with Gasteiger partial charge in [0.1, 0.15) is 17.8 Å². The van der Waals surface area contributed by atoms with Gasteiger partial charge in [-0.1, -0.05) is 17.3 Å². The minimum absolute atomic E-state index is 0.388. The van der Waals surface area contributed by atoms with Crippen molar-refractivity contribution >= 4 is 44.8 Å². The summed E-state index contributed by atoms with van der Waals surface area (Å²) in [5.41, 5.74) is 7.36. The van der Waals surface area contributed by atoms with Crippen molar-refractivity contribution in [1.82, 2.24) is 15.1 Å². The predicted octanol–water partition coefficient (Wildman–Crippen LogP) is 3.60. The van der Waals surface area contributed by atoms with E-state index in [1.54, 1.807) is 13.0 Å². The van der Waals surface area contributed by atoms with Crippen LogP contribution in [-0.2, 0) is 0 Å². The fourth-order valence-electron chi connectivity index (χ4n) is 1.83. The van der Waals surface area contributed by atoms with E-state index in [-0.39, 0.29) is 0 Å². The van der Waals surface area contributed by atoms with Gasteiger partial charge in [-0.15, -0.1) is 0 Å². The summed E-state index contributed by atoms with van der Waals surface area (Å²) >= 11 is 3.47. The van der Waals surface area contributed by atoms with Gasteiger partial charge in [0.2, 0.25) is 0 Å². The third-order valence-corrected chi connectivity index (χ3v) is 3.58. The molecular weight excluding hydrogens is 348 g/mol. The smallest absolute Gasteiger partial charge is 0.175 e. The van der Waals surface area contributed by atoms with Crippen LogP contribution in [0, 0.1) is 6.92 Å². The van der Waals surface area contributed by atoms with Crippen LogP contribution in [0.15, 0.2) is 45.7 Å². The van der Waals surface area contributed by atoms with Crippen LogP contribution in [-0.4, -0.2) is 15.1 Å². The van der Waals surface area contributed by atoms with E-state index >= 15 is 0 Å². The van der Waals surface area contributed by atoms with Crippen LogP contribution in [0.4, 0.5) is 28.8 Å². The molecule has 4 N–H and O–H groups in total. The number of hydrogen-bond donors (Lipinski definition) is 3. The number of nitrogens with two attached hydrogens (primary N) is 1. The molecule has 3 aromatic rings. The van der Waals surface area contributed by atoms with Crippen molar-refractivity contribution in [2.24, 2.45) is 0 Å². The molecule has 0 amide bonds. The van der Waals surface area contributed by atoms with Crippen LogP contribution < -0.4 is 16.4 Å². The van der Waals surface area contributed by atoms with Crippen molar-refractivity contribution in [1.29, 1.82) is 0 Å². The minimum atomic E-state index is 0.388. The van der Waals surface area contributed by atoms with Crippen molar-refractivity contribution in [3.63, 3.8) is 0 Å². The van der Waals surface area contributed by atoms with E-state index in [9.17, 15) is 0 Å². The number of aryl methyl sites for hydroxylation is 1. The first kappa shape index (κ1) is 14.3. The summed E-state index contributed by atoms with van der Waals surface area (Å²) in [5.74, 6) is 2.19. The summed E-state index contributed by atoms with van der Waals surface area (Å²) in [5, 5.41) is 10.0. The zero-order chi connectivity index (χ0) is 15.5. The normalized spacial score (nSPS) is 10.5. The molecule has 3 rings (SSSR count). The summed E-state index contributed by atoms with van der Waals surface area (Å²) in [4.78, 5) is 8.30. The number of anilines is 5. The Hall–Kier alpha value is -2.61. The Balaban J connectivity index is 1.87. The fraction of sp³-hybridized carbons (Fsp3) is 0.0714. The van der Waals surface area contributed by atoms with E-state index in [4.69, 9.17) is 10.3 Å². The number of para-hydroxylation sites is 1. The van der Waals surface area contributed by atoms with Crippen LogP contribution in [0.5, 0.6) is 0 Å². The number of rotatable bonds is 4. The largest absolute Gasteiger partial charge is 0.393 e. The first-order chi connectivity index (χ1) is 10.6. The minimum Gasteiger partial charge on any atom is -0.393 e. The number of benzene rings is 1. The molecule has 0 fully saturated rings. The molecule has 0 saturated heterocycles. The molecule has 2 aromatic heterocycles. The number of nitrogens with one attached hydrogen (secondary N) is 2. The molecule has 0 atom stereocenters. The summed E-state index contributed by atoms with van der Waals surface area (Å²) in [6.45, 7) is 1.81. The number of hydrogen-bond acceptors (Lipinski definition) is 7. The predicted molar refractivity (Wildman–Crippen MR) is 88.4 cm³/mol. The number of halogens is 1. The van der Waals surface area contributed by atoms with Gasteiger partial charge in [0.25, 0.3) is 0 Å². The summed E-state index contributed by atoms with van der Waals surface area (Å²) in [6, 6.07) is 9.44. The SMILES string of the molecule is Cc1cc(Nc2ncnc(Nc3ccccc3Br)c2N)no1. The molecule has 1 aromatic carbocycles. The summed E-state index contributed by atoms with van der Waals surface area (Å²) < 4.78 is 5.91. The third kappa shape index (κ3) is 3.01. The second-order valence-electron chi connectivity index (χ2n) is 4.54. The number of nitrogen functional groups attached to an aromatic ring is 1. The molecule has 0 aliphatic carbocycles. The maximum absolute atomic E-state index is 6.11. The molecule has 0 bridgehead atoms. The van der Waals surface area contributed by atoms with Crippen molar-refractivity contribution < 1.29 is 4.52 Å². The van der Waals surface area contributed by atoms with E-state index in [1.807, 2.05) is 24.3 Å². The average Bonchev–Trinajstić information content (AvgIpc) is 2.91. The fourth-order valence-corrected chi connectivity index (χ4v) is 2.22. The summed E-state index contributed by atoms with van der Waals surface area (Å²) in [6.07, 6.45) is 1.42. The Morgan fingerprint density at radius 3 is 2.55 bits per heavy atom. The molecule has 0 spiro atoms. The molecule has 0 aliphatic rings. The van der Waals surface area contributed by atoms with Gasteiger partial charge in [0.15, 0.2) is 17.5 Å². The van der Waals surface area contributed by atoms with Gasteiger partial charge >= 0.3 is 0 Å². The van der Waals surface area contributed by atoms with Gasteiger partial charge in [0.05, 0.1) is 5.69 Å². The lowest BCUT2D eigenvalue weighted by Crippen LogP contribution is -2.05. The lowest BCUT2D eigenvalue weighted by Gasteiger charge is -2.12. The van der Waals surface area contributed by atoms with Gasteiger partial charge in [-0.05, 0) is 35.0 Å². The van der Waals surface area contributed by atoms with Gasteiger partial charge in [-0.3, -0.25) is 0 Å². The van der Waals surface area contributed by atoms with Crippen molar-refractivity contribution in [3.05, 3.63) is 46.9 Å². The standard InChI is InChI=1S/C14H13BrN6O/c1-8-6-11(21-22-8)20-14-12(16)13(17-7-18-14)19-10-5-3-2-4-9(10)15/h2-7H,16H2,1H3,(H2,17,18,19,20,21). The van der Waals surface area contributed by atoms with E-state index in [0.29, 0.717) is 28.9 Å². The van der Waals surface area contributed by atoms with E-state index in [0.717, 1.165) is 10.2 Å². The van der Waals surface area contributed by atoms with Crippen molar-refractivity contribution in [3.8, 4) is 0 Å². The lowest BCUT2D eigenvalue weighted by atomic mass is 10.3. The third-order valence-electron chi connectivity index (χ3n) is 2.89. The van der Waals surface area contributed by atoms with Crippen molar-refractivity contribution in [2.45, 2.75) is 6.92 Å². The highest BCUT2D eigenvalue weighted by Crippen LogP contribution is 2.30. The molecule has 0 radical (unpaired) electrons. The molecule has 0 unspecified atom stereocenters. The molecule has 8 heteroatoms. The van der Waals surface area contributed by atoms with E-state index < -0.39 is 0 Å². The first-order valence-corrected chi connectivity index (χ1v) is 7.25. The quantitative estimate of drug-likeness (QED) is 0.652. The van der Waals surface area contributed by atoms with Crippen molar-refractivity contribution in [2.75, 3.05) is 16.4 Å². The first-order valence-electron chi connectivity index (χ1n) is 6.46. The summed E-state index contributed by atoms with van der Waals surface area (Å²) in [7, 11) is 0. The van der Waals surface area contributed by atoms with Gasteiger partial charge in [-0.2, -0.15) is 0 Å². The molecular formula is C14H13BrN6O. The maximum Gasteiger partial charge on any atom is 0.175 e. The Morgan fingerprint density at radius 2 is 1.86 bits per heavy atom. The van der Waals surface area contributed by atoms with Gasteiger partial charge in [0, 0.05) is 10.5 Å². The highest BCUT2D eigenvalue weighted by Gasteiger charge is 2.11. The van der Waals surface area contributed by atoms with Gasteiger partial charge < -0.3 is 20.9 Å². The topological polar surface area (TPSA) is 102 Å². The second-order valence-corrected chi connectivity index (χ2v) is 5.39. The van der Waals surface area contributed by atoms with Crippen LogP contribution in [0.25, 0.3) is 0 Å². The van der Waals surface area contributed by atoms with Gasteiger partial charge in [-0.25, -0.2) is 9.97 Å². The lowest BCUT2D eigenvalue weighted by molar-refractivity contribution is 0.400. The highest BCUT2D eigenvalue weighted by molar-refractivity contribution is 9.10. The molecule has 112 valence electrons. The number of nitrogens with zero attached hydrogens (tertiary/aromatic N) is 3. The van der Waals surface area contributed by atoms with E-state index in [2.05, 4.69) is 41.7 Å². The molecule has 0 saturated carbocycles.